The minimum atomic E-state index is -4.55. The summed E-state index contributed by atoms with van der Waals surface area (Å²) in [6.45, 7) is 0.0873. The highest BCUT2D eigenvalue weighted by molar-refractivity contribution is 6.35. The average Bonchev–Trinajstić information content (AvgIpc) is 2.60. The van der Waals surface area contributed by atoms with Crippen molar-refractivity contribution < 1.29 is 22.8 Å². The Balaban J connectivity index is 1.91. The van der Waals surface area contributed by atoms with Gasteiger partial charge in [0.25, 0.3) is 0 Å². The van der Waals surface area contributed by atoms with E-state index in [1.165, 1.54) is 18.2 Å². The van der Waals surface area contributed by atoms with Gasteiger partial charge in [-0.05, 0) is 23.8 Å². The molecule has 136 valence electrons. The van der Waals surface area contributed by atoms with Gasteiger partial charge in [-0.1, -0.05) is 41.9 Å². The zero-order chi connectivity index (χ0) is 19.2. The summed E-state index contributed by atoms with van der Waals surface area (Å²) < 4.78 is 38.5. The van der Waals surface area contributed by atoms with E-state index >= 15 is 0 Å². The molecule has 0 aliphatic rings. The highest BCUT2D eigenvalue weighted by Gasteiger charge is 2.32. The van der Waals surface area contributed by atoms with Gasteiger partial charge < -0.3 is 5.32 Å². The average molecular weight is 384 g/mol. The van der Waals surface area contributed by atoms with Crippen molar-refractivity contribution in [2.24, 2.45) is 5.10 Å². The number of nitrogens with one attached hydrogen (secondary N) is 2. The van der Waals surface area contributed by atoms with E-state index in [0.717, 1.165) is 17.8 Å². The van der Waals surface area contributed by atoms with Crippen molar-refractivity contribution in [3.8, 4) is 0 Å². The van der Waals surface area contributed by atoms with Crippen molar-refractivity contribution in [3.63, 3.8) is 0 Å². The molecule has 2 N–H and O–H groups in total. The number of halogens is 4. The first-order chi connectivity index (χ1) is 12.3. The molecule has 2 amide bonds. The van der Waals surface area contributed by atoms with E-state index in [9.17, 15) is 22.8 Å². The van der Waals surface area contributed by atoms with Crippen LogP contribution in [-0.2, 0) is 22.3 Å². The van der Waals surface area contributed by atoms with E-state index in [0.29, 0.717) is 5.02 Å². The Morgan fingerprint density at radius 3 is 2.35 bits per heavy atom. The second-order valence-corrected chi connectivity index (χ2v) is 5.53. The van der Waals surface area contributed by atoms with Gasteiger partial charge in [0, 0.05) is 17.1 Å². The van der Waals surface area contributed by atoms with E-state index in [1.807, 2.05) is 5.43 Å². The number of hydrogen-bond donors (Lipinski definition) is 2. The number of rotatable bonds is 4. The lowest BCUT2D eigenvalue weighted by Gasteiger charge is -2.09. The summed E-state index contributed by atoms with van der Waals surface area (Å²) in [6, 6.07) is 11.3. The Morgan fingerprint density at radius 1 is 1.04 bits per heavy atom. The smallest absolute Gasteiger partial charge is 0.344 e. The molecule has 0 aliphatic carbocycles. The van der Waals surface area contributed by atoms with Gasteiger partial charge in [-0.2, -0.15) is 18.3 Å². The largest absolute Gasteiger partial charge is 0.417 e. The lowest BCUT2D eigenvalue weighted by molar-refractivity contribution is -0.139. The standard InChI is InChI=1S/C17H13ClF3N3O2/c18-13-7-5-11(6-8-13)9-22-15(25)16(26)24-23-10-12-3-1-2-4-14(12)17(19,20)21/h1-8,10H,9H2,(H,22,25)(H,24,26)/b23-10-. The van der Waals surface area contributed by atoms with E-state index in [4.69, 9.17) is 11.6 Å². The third-order valence-electron chi connectivity index (χ3n) is 3.21. The third kappa shape index (κ3) is 5.59. The van der Waals surface area contributed by atoms with Crippen molar-refractivity contribution in [2.75, 3.05) is 0 Å². The lowest BCUT2D eigenvalue weighted by Crippen LogP contribution is -2.37. The van der Waals surface area contributed by atoms with Crippen LogP contribution in [0.15, 0.2) is 53.6 Å². The molecule has 0 radical (unpaired) electrons. The highest BCUT2D eigenvalue weighted by atomic mass is 35.5. The fourth-order valence-corrected chi connectivity index (χ4v) is 2.07. The minimum Gasteiger partial charge on any atom is -0.344 e. The van der Waals surface area contributed by atoms with E-state index in [2.05, 4.69) is 10.4 Å². The first-order valence-electron chi connectivity index (χ1n) is 7.29. The Hall–Kier alpha value is -2.87. The molecule has 0 saturated carbocycles. The molecule has 0 bridgehead atoms. The highest BCUT2D eigenvalue weighted by Crippen LogP contribution is 2.30. The number of benzene rings is 2. The van der Waals surface area contributed by atoms with Crippen LogP contribution in [0.5, 0.6) is 0 Å². The van der Waals surface area contributed by atoms with Crippen LogP contribution in [0.2, 0.25) is 5.02 Å². The van der Waals surface area contributed by atoms with Crippen LogP contribution in [-0.4, -0.2) is 18.0 Å². The molecule has 2 aromatic carbocycles. The monoisotopic (exact) mass is 383 g/mol. The van der Waals surface area contributed by atoms with Gasteiger partial charge in [0.1, 0.15) is 0 Å². The Kier molecular flexibility index (Phi) is 6.35. The predicted molar refractivity (Wildman–Crippen MR) is 90.5 cm³/mol. The Morgan fingerprint density at radius 2 is 1.69 bits per heavy atom. The number of alkyl halides is 3. The molecule has 9 heteroatoms. The van der Waals surface area contributed by atoms with Crippen LogP contribution in [0.3, 0.4) is 0 Å². The van der Waals surface area contributed by atoms with Gasteiger partial charge in [0.15, 0.2) is 0 Å². The Bertz CT molecular complexity index is 821. The molecule has 2 rings (SSSR count). The van der Waals surface area contributed by atoms with Crippen LogP contribution in [0, 0.1) is 0 Å². The lowest BCUT2D eigenvalue weighted by atomic mass is 10.1. The van der Waals surface area contributed by atoms with Crippen molar-refractivity contribution in [1.82, 2.24) is 10.7 Å². The van der Waals surface area contributed by atoms with E-state index < -0.39 is 23.6 Å². The summed E-state index contributed by atoms with van der Waals surface area (Å²) in [4.78, 5) is 23.3. The quantitative estimate of drug-likeness (QED) is 0.484. The number of amides is 2. The molecule has 0 unspecified atom stereocenters. The number of hydrazone groups is 1. The van der Waals surface area contributed by atoms with Gasteiger partial charge in [0.2, 0.25) is 0 Å². The first-order valence-corrected chi connectivity index (χ1v) is 7.67. The number of hydrogen-bond acceptors (Lipinski definition) is 3. The first kappa shape index (κ1) is 19.5. The van der Waals surface area contributed by atoms with E-state index in [1.54, 1.807) is 24.3 Å². The molecule has 5 nitrogen and oxygen atoms in total. The zero-order valence-corrected chi connectivity index (χ0v) is 13.9. The molecule has 2 aromatic rings. The molecular formula is C17H13ClF3N3O2. The van der Waals surface area contributed by atoms with Gasteiger partial charge >= 0.3 is 18.0 Å². The molecular weight excluding hydrogens is 371 g/mol. The summed E-state index contributed by atoms with van der Waals surface area (Å²) in [7, 11) is 0. The van der Waals surface area contributed by atoms with Crippen molar-refractivity contribution in [1.29, 1.82) is 0 Å². The maximum Gasteiger partial charge on any atom is 0.417 e. The SMILES string of the molecule is O=C(NCc1ccc(Cl)cc1)C(=O)N/N=C\c1ccccc1C(F)(F)F. The molecule has 0 aliphatic heterocycles. The van der Waals surface area contributed by atoms with E-state index in [-0.39, 0.29) is 12.1 Å². The predicted octanol–water partition coefficient (Wildman–Crippen LogP) is 3.13. The van der Waals surface area contributed by atoms with Crippen LogP contribution in [0.1, 0.15) is 16.7 Å². The second-order valence-electron chi connectivity index (χ2n) is 5.09. The molecule has 0 fully saturated rings. The number of carbonyl (C=O) groups excluding carboxylic acids is 2. The summed E-state index contributed by atoms with van der Waals surface area (Å²) in [5.74, 6) is -2.07. The molecule has 0 saturated heterocycles. The molecule has 0 aromatic heterocycles. The topological polar surface area (TPSA) is 70.6 Å². The molecule has 26 heavy (non-hydrogen) atoms. The Labute approximate surface area is 151 Å². The molecule has 0 atom stereocenters. The molecule has 0 spiro atoms. The number of nitrogens with zero attached hydrogens (tertiary/aromatic N) is 1. The summed E-state index contributed by atoms with van der Waals surface area (Å²) in [6.07, 6.45) is -3.73. The second kappa shape index (κ2) is 8.48. The van der Waals surface area contributed by atoms with Gasteiger partial charge in [-0.15, -0.1) is 0 Å². The maximum absolute atomic E-state index is 12.8. The van der Waals surface area contributed by atoms with Crippen molar-refractivity contribution in [3.05, 3.63) is 70.2 Å². The fraction of sp³-hybridized carbons (Fsp3) is 0.118. The summed E-state index contributed by atoms with van der Waals surface area (Å²) >= 11 is 5.73. The third-order valence-corrected chi connectivity index (χ3v) is 3.46. The zero-order valence-electron chi connectivity index (χ0n) is 13.2. The fourth-order valence-electron chi connectivity index (χ4n) is 1.94. The van der Waals surface area contributed by atoms with Gasteiger partial charge in [-0.3, -0.25) is 9.59 Å². The number of carbonyl (C=O) groups is 2. The summed E-state index contributed by atoms with van der Waals surface area (Å²) in [5, 5.41) is 6.29. The van der Waals surface area contributed by atoms with Crippen molar-refractivity contribution >= 4 is 29.6 Å². The maximum atomic E-state index is 12.8. The van der Waals surface area contributed by atoms with Gasteiger partial charge in [-0.25, -0.2) is 5.43 Å². The van der Waals surface area contributed by atoms with Crippen LogP contribution < -0.4 is 10.7 Å². The van der Waals surface area contributed by atoms with Crippen LogP contribution in [0.25, 0.3) is 0 Å². The normalized spacial score (nSPS) is 11.4. The minimum absolute atomic E-state index is 0.0873. The van der Waals surface area contributed by atoms with Gasteiger partial charge in [0.05, 0.1) is 11.8 Å². The van der Waals surface area contributed by atoms with Crippen molar-refractivity contribution in [2.45, 2.75) is 12.7 Å². The summed E-state index contributed by atoms with van der Waals surface area (Å²) in [5.41, 5.74) is 1.47. The van der Waals surface area contributed by atoms with Crippen LogP contribution >= 0.6 is 11.6 Å². The van der Waals surface area contributed by atoms with Crippen LogP contribution in [0.4, 0.5) is 13.2 Å². The molecule has 0 heterocycles.